The zero-order chi connectivity index (χ0) is 31.5. The van der Waals surface area contributed by atoms with Gasteiger partial charge in [-0.1, -0.05) is 193 Å². The lowest BCUT2D eigenvalue weighted by atomic mass is 9.92. The standard InChI is InChI=1S/C40H77NO2/c1-3-5-7-9-11-13-15-17-19-20-21-23-24-26-28-30-32-34-36-38(40(41)43)39(42)37-35-33-31-29-27-25-22-18-16-14-12-10-8-6-4-2/h18,22,38H,3-17,19-21,23-37H2,1-2H3,(H2,41,43)/b22-18-. The van der Waals surface area contributed by atoms with Crippen molar-refractivity contribution in [2.75, 3.05) is 0 Å². The number of hydrogen-bond acceptors (Lipinski definition) is 2. The average Bonchev–Trinajstić information content (AvgIpc) is 3.00. The number of hydrogen-bond donors (Lipinski definition) is 1. The lowest BCUT2D eigenvalue weighted by Gasteiger charge is -2.12. The molecule has 2 N–H and O–H groups in total. The highest BCUT2D eigenvalue weighted by atomic mass is 16.2. The lowest BCUT2D eigenvalue weighted by molar-refractivity contribution is -0.132. The summed E-state index contributed by atoms with van der Waals surface area (Å²) in [7, 11) is 0. The fraction of sp³-hybridized carbons (Fsp3) is 0.900. The minimum Gasteiger partial charge on any atom is -0.369 e. The van der Waals surface area contributed by atoms with Gasteiger partial charge in [0.2, 0.25) is 5.91 Å². The minimum absolute atomic E-state index is 0.0806. The first-order chi connectivity index (χ1) is 21.1. The molecule has 254 valence electrons. The maximum atomic E-state index is 12.6. The van der Waals surface area contributed by atoms with Crippen LogP contribution < -0.4 is 5.73 Å². The van der Waals surface area contributed by atoms with Gasteiger partial charge in [0.1, 0.15) is 5.78 Å². The zero-order valence-electron chi connectivity index (χ0n) is 29.5. The maximum Gasteiger partial charge on any atom is 0.227 e. The molecule has 0 heterocycles. The molecule has 0 radical (unpaired) electrons. The molecular formula is C40H77NO2. The highest BCUT2D eigenvalue weighted by Gasteiger charge is 2.22. The first-order valence-corrected chi connectivity index (χ1v) is 19.6. The van der Waals surface area contributed by atoms with Crippen LogP contribution in [0.4, 0.5) is 0 Å². The molecule has 0 saturated carbocycles. The number of carbonyl (C=O) groups is 2. The van der Waals surface area contributed by atoms with Gasteiger partial charge in [0.25, 0.3) is 0 Å². The molecule has 0 aromatic carbocycles. The summed E-state index contributed by atoms with van der Waals surface area (Å²) in [6, 6.07) is 0. The molecule has 43 heavy (non-hydrogen) atoms. The molecule has 3 nitrogen and oxygen atoms in total. The Kier molecular flexibility index (Phi) is 34.4. The van der Waals surface area contributed by atoms with E-state index in [0.29, 0.717) is 12.8 Å². The number of ketones is 1. The van der Waals surface area contributed by atoms with E-state index in [0.717, 1.165) is 25.7 Å². The molecule has 0 aliphatic rings. The van der Waals surface area contributed by atoms with Crippen molar-refractivity contribution in [3.05, 3.63) is 12.2 Å². The molecule has 0 aromatic rings. The van der Waals surface area contributed by atoms with Crippen LogP contribution in [0.25, 0.3) is 0 Å². The van der Waals surface area contributed by atoms with Crippen LogP contribution in [0.1, 0.15) is 226 Å². The summed E-state index contributed by atoms with van der Waals surface area (Å²) >= 11 is 0. The Labute approximate surface area is 270 Å². The summed E-state index contributed by atoms with van der Waals surface area (Å²) in [6.07, 6.45) is 46.4. The van der Waals surface area contributed by atoms with Crippen LogP contribution in [0.2, 0.25) is 0 Å². The van der Waals surface area contributed by atoms with E-state index in [1.165, 1.54) is 173 Å². The fourth-order valence-electron chi connectivity index (χ4n) is 6.26. The smallest absolute Gasteiger partial charge is 0.227 e. The summed E-state index contributed by atoms with van der Waals surface area (Å²) in [5.41, 5.74) is 5.60. The van der Waals surface area contributed by atoms with E-state index in [9.17, 15) is 9.59 Å². The van der Waals surface area contributed by atoms with E-state index in [1.54, 1.807) is 0 Å². The topological polar surface area (TPSA) is 60.2 Å². The molecule has 0 aromatic heterocycles. The summed E-state index contributed by atoms with van der Waals surface area (Å²) in [4.78, 5) is 24.5. The van der Waals surface area contributed by atoms with E-state index in [2.05, 4.69) is 26.0 Å². The van der Waals surface area contributed by atoms with Crippen LogP contribution in [-0.4, -0.2) is 11.7 Å². The van der Waals surface area contributed by atoms with Crippen molar-refractivity contribution < 1.29 is 9.59 Å². The van der Waals surface area contributed by atoms with Crippen molar-refractivity contribution in [3.63, 3.8) is 0 Å². The third-order valence-electron chi connectivity index (χ3n) is 9.26. The van der Waals surface area contributed by atoms with Crippen molar-refractivity contribution in [3.8, 4) is 0 Å². The number of Topliss-reactive ketones (excluding diaryl/α,β-unsaturated/α-hetero) is 1. The molecule has 0 rings (SSSR count). The van der Waals surface area contributed by atoms with Crippen molar-refractivity contribution >= 4 is 11.7 Å². The SMILES string of the molecule is CCCCCCCC/C=C\CCCCCCCC(=O)C(CCCCCCCCCCCCCCCCCCCC)C(N)=O. The lowest BCUT2D eigenvalue weighted by Crippen LogP contribution is -2.30. The Balaban J connectivity index is 3.54. The second-order valence-electron chi connectivity index (χ2n) is 13.6. The summed E-state index contributed by atoms with van der Waals surface area (Å²) in [5, 5.41) is 0. The Morgan fingerprint density at radius 3 is 1.09 bits per heavy atom. The van der Waals surface area contributed by atoms with Crippen LogP contribution in [-0.2, 0) is 9.59 Å². The molecule has 3 heteroatoms. The molecule has 0 aliphatic carbocycles. The normalized spacial score (nSPS) is 12.3. The Hall–Kier alpha value is -1.12. The van der Waals surface area contributed by atoms with Gasteiger partial charge in [-0.2, -0.15) is 0 Å². The van der Waals surface area contributed by atoms with Crippen molar-refractivity contribution in [1.29, 1.82) is 0 Å². The largest absolute Gasteiger partial charge is 0.369 e. The van der Waals surface area contributed by atoms with Crippen LogP contribution in [0, 0.1) is 5.92 Å². The van der Waals surface area contributed by atoms with Crippen molar-refractivity contribution in [2.24, 2.45) is 11.7 Å². The van der Waals surface area contributed by atoms with Gasteiger partial charge in [0, 0.05) is 6.42 Å². The quantitative estimate of drug-likeness (QED) is 0.0440. The number of amides is 1. The Morgan fingerprint density at radius 2 is 0.744 bits per heavy atom. The number of primary amides is 1. The molecular weight excluding hydrogens is 526 g/mol. The number of unbranched alkanes of at least 4 members (excludes halogenated alkanes) is 28. The van der Waals surface area contributed by atoms with Crippen molar-refractivity contribution in [2.45, 2.75) is 226 Å². The Bertz CT molecular complexity index is 614. The van der Waals surface area contributed by atoms with E-state index < -0.39 is 11.8 Å². The first kappa shape index (κ1) is 41.9. The van der Waals surface area contributed by atoms with E-state index in [1.807, 2.05) is 0 Å². The molecule has 0 bridgehead atoms. The van der Waals surface area contributed by atoms with Crippen molar-refractivity contribution in [1.82, 2.24) is 0 Å². The number of nitrogens with two attached hydrogens (primary N) is 1. The van der Waals surface area contributed by atoms with Crippen LogP contribution in [0.5, 0.6) is 0 Å². The first-order valence-electron chi connectivity index (χ1n) is 19.6. The molecule has 0 saturated heterocycles. The van der Waals surface area contributed by atoms with Crippen LogP contribution in [0.15, 0.2) is 12.2 Å². The predicted molar refractivity (Wildman–Crippen MR) is 191 cm³/mol. The van der Waals surface area contributed by atoms with Crippen LogP contribution >= 0.6 is 0 Å². The monoisotopic (exact) mass is 604 g/mol. The minimum atomic E-state index is -0.558. The molecule has 1 atom stereocenters. The van der Waals surface area contributed by atoms with Gasteiger partial charge in [-0.25, -0.2) is 0 Å². The Morgan fingerprint density at radius 1 is 0.442 bits per heavy atom. The third kappa shape index (κ3) is 32.1. The zero-order valence-corrected chi connectivity index (χ0v) is 29.5. The highest BCUT2D eigenvalue weighted by molar-refractivity contribution is 6.00. The van der Waals surface area contributed by atoms with Gasteiger partial charge >= 0.3 is 0 Å². The van der Waals surface area contributed by atoms with Gasteiger partial charge in [-0.15, -0.1) is 0 Å². The fourth-order valence-corrected chi connectivity index (χ4v) is 6.26. The van der Waals surface area contributed by atoms with E-state index in [-0.39, 0.29) is 5.78 Å². The number of carbonyl (C=O) groups excluding carboxylic acids is 2. The third-order valence-corrected chi connectivity index (χ3v) is 9.26. The van der Waals surface area contributed by atoms with E-state index in [4.69, 9.17) is 5.73 Å². The number of rotatable bonds is 36. The molecule has 1 unspecified atom stereocenters. The van der Waals surface area contributed by atoms with Gasteiger partial charge in [-0.3, -0.25) is 9.59 Å². The summed E-state index contributed by atoms with van der Waals surface area (Å²) in [6.45, 7) is 4.56. The summed E-state index contributed by atoms with van der Waals surface area (Å²) in [5.74, 6) is -0.889. The van der Waals surface area contributed by atoms with Gasteiger partial charge in [-0.05, 0) is 38.5 Å². The molecule has 0 spiro atoms. The van der Waals surface area contributed by atoms with Gasteiger partial charge < -0.3 is 5.73 Å². The van der Waals surface area contributed by atoms with E-state index >= 15 is 0 Å². The van der Waals surface area contributed by atoms with Crippen LogP contribution in [0.3, 0.4) is 0 Å². The molecule has 1 amide bonds. The van der Waals surface area contributed by atoms with Gasteiger partial charge in [0.15, 0.2) is 0 Å². The predicted octanol–water partition coefficient (Wildman–Crippen LogP) is 13.1. The second-order valence-corrected chi connectivity index (χ2v) is 13.6. The highest BCUT2D eigenvalue weighted by Crippen LogP contribution is 2.18. The molecule has 0 aliphatic heterocycles. The summed E-state index contributed by atoms with van der Waals surface area (Å²) < 4.78 is 0. The average molecular weight is 604 g/mol. The maximum absolute atomic E-state index is 12.6. The van der Waals surface area contributed by atoms with Gasteiger partial charge in [0.05, 0.1) is 5.92 Å². The molecule has 0 fully saturated rings. The second kappa shape index (κ2) is 35.4. The number of allylic oxidation sites excluding steroid dienone is 2.